The Morgan fingerprint density at radius 2 is 0.692 bits per heavy atom. The fourth-order valence-electron chi connectivity index (χ4n) is 15.9. The zero-order valence-electron chi connectivity index (χ0n) is 73.6. The number of carbonyl (C=O) groups is 4. The van der Waals surface area contributed by atoms with Crippen molar-refractivity contribution in [3.05, 3.63) is 12.2 Å². The summed E-state index contributed by atoms with van der Waals surface area (Å²) in [4.78, 5) is 66.5. The first-order valence-electron chi connectivity index (χ1n) is 47.2. The lowest BCUT2D eigenvalue weighted by Crippen LogP contribution is -2.70. The molecule has 0 aromatic carbocycles. The summed E-state index contributed by atoms with van der Waals surface area (Å²) in [5.41, 5.74) is 0. The number of esters is 4. The molecule has 2 saturated heterocycles. The first kappa shape index (κ1) is 108. The Labute approximate surface area is 705 Å². The van der Waals surface area contributed by atoms with Gasteiger partial charge in [0.15, 0.2) is 24.8 Å². The fraction of sp³-hybridized carbons (Fsp3) is 0.934. The van der Waals surface area contributed by atoms with Crippen LogP contribution in [0.5, 0.6) is 0 Å². The van der Waals surface area contributed by atoms with Gasteiger partial charge >= 0.3 is 31.7 Å². The van der Waals surface area contributed by atoms with Crippen molar-refractivity contribution in [2.45, 2.75) is 505 Å². The van der Waals surface area contributed by atoms with Gasteiger partial charge in [-0.1, -0.05) is 336 Å². The topological polar surface area (TPSA) is 380 Å². The number of hydrogen-bond acceptors (Lipinski definition) is 24. The summed E-state index contributed by atoms with van der Waals surface area (Å²) in [5, 5.41) is 102. The van der Waals surface area contributed by atoms with Gasteiger partial charge in [0, 0.05) is 25.7 Å². The Bertz CT molecular complexity index is 2520. The number of aliphatic hydroxyl groups excluding tert-OH is 9. The van der Waals surface area contributed by atoms with Gasteiger partial charge in [-0.05, 0) is 63.2 Å². The van der Waals surface area contributed by atoms with Crippen LogP contribution in [0.2, 0.25) is 0 Å². The normalized spacial score (nSPS) is 25.6. The Morgan fingerprint density at radius 1 is 0.359 bits per heavy atom. The van der Waals surface area contributed by atoms with Gasteiger partial charge in [-0.25, -0.2) is 4.57 Å². The van der Waals surface area contributed by atoms with Crippen molar-refractivity contribution in [2.75, 3.05) is 26.4 Å². The minimum Gasteiger partial charge on any atom is -0.463 e. The molecule has 1 aliphatic carbocycles. The van der Waals surface area contributed by atoms with Crippen molar-refractivity contribution in [3.63, 3.8) is 0 Å². The average molecular weight is 1690 g/mol. The lowest BCUT2D eigenvalue weighted by Gasteiger charge is -2.50. The third kappa shape index (κ3) is 49.5. The van der Waals surface area contributed by atoms with Crippen LogP contribution in [0.3, 0.4) is 0 Å². The first-order chi connectivity index (χ1) is 56.5. The van der Waals surface area contributed by atoms with E-state index in [1.807, 2.05) is 0 Å². The number of allylic oxidation sites excluding steroid dienone is 2. The quantitative estimate of drug-likeness (QED) is 0.00889. The smallest absolute Gasteiger partial charge is 0.463 e. The van der Waals surface area contributed by atoms with Gasteiger partial charge in [0.2, 0.25) is 0 Å². The van der Waals surface area contributed by atoms with Gasteiger partial charge in [-0.15, -0.1) is 0 Å². The van der Waals surface area contributed by atoms with E-state index in [2.05, 4.69) is 53.7 Å². The summed E-state index contributed by atoms with van der Waals surface area (Å²) in [5.74, 6) is -1.67. The third-order valence-electron chi connectivity index (χ3n) is 23.6. The molecule has 3 rings (SSSR count). The number of ether oxygens (including phenoxy) is 8. The number of hydrogen-bond donors (Lipinski definition) is 10. The van der Waals surface area contributed by atoms with Gasteiger partial charge in [-0.3, -0.25) is 28.2 Å². The van der Waals surface area contributed by atoms with Crippen LogP contribution in [0.25, 0.3) is 0 Å². The van der Waals surface area contributed by atoms with Crippen LogP contribution in [-0.4, -0.2) is 205 Å². The summed E-state index contributed by atoms with van der Waals surface area (Å²) < 4.78 is 73.5. The van der Waals surface area contributed by atoms with Crippen LogP contribution < -0.4 is 0 Å². The second-order valence-corrected chi connectivity index (χ2v) is 35.8. The molecular weight excluding hydrogens is 1520 g/mol. The van der Waals surface area contributed by atoms with Gasteiger partial charge < -0.3 is 88.7 Å². The van der Waals surface area contributed by atoms with E-state index >= 15 is 0 Å². The highest BCUT2D eigenvalue weighted by Crippen LogP contribution is 2.49. The largest absolute Gasteiger partial charge is 0.472 e. The zero-order valence-corrected chi connectivity index (χ0v) is 74.5. The van der Waals surface area contributed by atoms with E-state index in [4.69, 9.17) is 46.9 Å². The minimum atomic E-state index is -5.81. The van der Waals surface area contributed by atoms with E-state index in [0.29, 0.717) is 43.9 Å². The molecule has 0 amide bonds. The molecule has 2 aliphatic heterocycles. The SMILES string of the molecule is CCCCCCCC/C=C\CCCCCC(=O)OCC(COP(=O)(O)OC1C(OC2OC(CO)C(O)C(O)C2O)C(O)C(O)C(OC(=O)CCCCCCCCC(C)CCCCCCCC)C1OC1OC(COC(=O)CCCCCCCCC(C)CCCCCCCC)C(O)C(O)C1O)OC(=O)CCCCCCCCCCCCCCC. The summed E-state index contributed by atoms with van der Waals surface area (Å²) in [6.45, 7) is 10.2. The molecule has 0 aromatic heterocycles. The van der Waals surface area contributed by atoms with Gasteiger partial charge in [0.25, 0.3) is 0 Å². The van der Waals surface area contributed by atoms with E-state index < -0.39 is 162 Å². The van der Waals surface area contributed by atoms with E-state index in [9.17, 15) is 74.6 Å². The fourth-order valence-corrected chi connectivity index (χ4v) is 16.8. The molecule has 0 spiro atoms. The highest BCUT2D eigenvalue weighted by atomic mass is 31.2. The van der Waals surface area contributed by atoms with Crippen molar-refractivity contribution in [1.82, 2.24) is 0 Å². The number of aliphatic hydroxyl groups is 9. The summed E-state index contributed by atoms with van der Waals surface area (Å²) >= 11 is 0. The Morgan fingerprint density at radius 3 is 1.11 bits per heavy atom. The van der Waals surface area contributed by atoms with Crippen molar-refractivity contribution >= 4 is 31.7 Å². The second-order valence-electron chi connectivity index (χ2n) is 34.4. The first-order valence-corrected chi connectivity index (χ1v) is 48.7. The van der Waals surface area contributed by atoms with Crippen LogP contribution in [0.4, 0.5) is 0 Å². The predicted octanol–water partition coefficient (Wildman–Crippen LogP) is 17.3. The molecule has 10 N–H and O–H groups in total. The van der Waals surface area contributed by atoms with Gasteiger partial charge in [0.1, 0.15) is 92.6 Å². The monoisotopic (exact) mass is 1690 g/mol. The lowest BCUT2D eigenvalue weighted by atomic mass is 9.84. The number of carbonyl (C=O) groups excluding carboxylic acids is 4. The number of phosphoric ester groups is 1. The predicted molar refractivity (Wildman–Crippen MR) is 453 cm³/mol. The average Bonchev–Trinajstić information content (AvgIpc) is 0.753. The van der Waals surface area contributed by atoms with Gasteiger partial charge in [-0.2, -0.15) is 0 Å². The molecule has 20 atom stereocenters. The summed E-state index contributed by atoms with van der Waals surface area (Å²) in [6.07, 6.45) is 23.7. The molecule has 1 saturated carbocycles. The zero-order chi connectivity index (χ0) is 85.7. The number of unbranched alkanes of at least 4 members (excludes halogenated alkanes) is 41. The third-order valence-corrected chi connectivity index (χ3v) is 24.5. The van der Waals surface area contributed by atoms with E-state index in [1.54, 1.807) is 0 Å². The summed E-state index contributed by atoms with van der Waals surface area (Å²) in [6, 6.07) is 0. The Balaban J connectivity index is 1.93. The minimum absolute atomic E-state index is 0.0150. The highest BCUT2D eigenvalue weighted by Gasteiger charge is 2.60. The molecule has 25 nitrogen and oxygen atoms in total. The molecule has 3 fully saturated rings. The molecule has 0 aromatic rings. The number of phosphoric acid groups is 1. The van der Waals surface area contributed by atoms with Crippen LogP contribution >= 0.6 is 7.82 Å². The highest BCUT2D eigenvalue weighted by molar-refractivity contribution is 7.47. The molecule has 0 bridgehead atoms. The maximum Gasteiger partial charge on any atom is 0.472 e. The van der Waals surface area contributed by atoms with E-state index in [0.717, 1.165) is 128 Å². The maximum absolute atomic E-state index is 14.9. The summed E-state index contributed by atoms with van der Waals surface area (Å²) in [7, 11) is -5.81. The van der Waals surface area contributed by atoms with Gasteiger partial charge in [0.05, 0.1) is 13.2 Å². The maximum atomic E-state index is 14.9. The van der Waals surface area contributed by atoms with Crippen LogP contribution in [0.1, 0.15) is 401 Å². The van der Waals surface area contributed by atoms with Crippen LogP contribution in [0.15, 0.2) is 12.2 Å². The molecule has 0 radical (unpaired) electrons. The van der Waals surface area contributed by atoms with Crippen LogP contribution in [-0.2, 0) is 70.7 Å². The Hall–Kier alpha value is -2.79. The van der Waals surface area contributed by atoms with Crippen LogP contribution in [0, 0.1) is 11.8 Å². The lowest BCUT2D eigenvalue weighted by molar-refractivity contribution is -0.360. The standard InChI is InChI=1S/C91H169O25P/c1-7-11-15-19-23-25-27-29-31-33-35-45-53-61-74(93)107-66-71(110-76(95)63-55-47-36-34-32-30-28-26-24-20-16-12-8-2)67-109-117(105,106)116-89-87(114-90-84(103)80(99)78(97)72(65-92)111-90)83(102)82(101)86(113-77(96)64-56-48-40-38-44-52-60-70(6)58-50-42-22-18-14-10-4)88(89)115-91-85(104)81(100)79(98)73(112-91)68-108-75(94)62-54-46-39-37-43-51-59-69(5)57-49-41-21-17-13-9-3/h29,31,69-73,78-92,97-104H,7-28,30,32-68H2,1-6H3,(H,105,106)/b31-29-. The molecule has 117 heavy (non-hydrogen) atoms. The molecule has 2 heterocycles. The van der Waals surface area contributed by atoms with Crippen molar-refractivity contribution < 1.29 is 122 Å². The van der Waals surface area contributed by atoms with E-state index in [1.165, 1.54) is 173 Å². The van der Waals surface area contributed by atoms with Crippen molar-refractivity contribution in [2.24, 2.45) is 11.8 Å². The molecular formula is C91H169O25P. The van der Waals surface area contributed by atoms with E-state index in [-0.39, 0.29) is 25.7 Å². The second kappa shape index (κ2) is 68.5. The molecule has 688 valence electrons. The molecule has 3 aliphatic rings. The van der Waals surface area contributed by atoms with Crippen molar-refractivity contribution in [1.29, 1.82) is 0 Å². The number of rotatable bonds is 75. The Kier molecular flexibility index (Phi) is 63.5. The molecule has 26 heteroatoms. The van der Waals surface area contributed by atoms with Crippen molar-refractivity contribution in [3.8, 4) is 0 Å². The molecule has 20 unspecified atom stereocenters.